The number of carboxylic acids is 1. The second-order valence-electron chi connectivity index (χ2n) is 4.80. The molecule has 108 valence electrons. The molecule has 1 aromatic heterocycles. The van der Waals surface area contributed by atoms with Gasteiger partial charge in [0.2, 0.25) is 5.91 Å². The van der Waals surface area contributed by atoms with Gasteiger partial charge in [-0.2, -0.15) is 0 Å². The molecule has 6 nitrogen and oxygen atoms in total. The van der Waals surface area contributed by atoms with Gasteiger partial charge in [0, 0.05) is 4.88 Å². The van der Waals surface area contributed by atoms with Crippen molar-refractivity contribution in [1.29, 1.82) is 0 Å². The zero-order valence-corrected chi connectivity index (χ0v) is 11.7. The van der Waals surface area contributed by atoms with Crippen LogP contribution in [0.3, 0.4) is 0 Å². The predicted octanol–water partition coefficient (Wildman–Crippen LogP) is 0.685. The van der Waals surface area contributed by atoms with Gasteiger partial charge < -0.3 is 16.2 Å². The third kappa shape index (κ3) is 3.36. The lowest BCUT2D eigenvalue weighted by molar-refractivity contribution is -0.140. The molecule has 0 radical (unpaired) electrons. The summed E-state index contributed by atoms with van der Waals surface area (Å²) in [5, 5.41) is 11.3. The number of carbonyl (C=O) groups is 3. The molecule has 0 saturated heterocycles. The number of thiophene rings is 1. The van der Waals surface area contributed by atoms with E-state index in [4.69, 9.17) is 10.8 Å². The number of primary amides is 1. The van der Waals surface area contributed by atoms with E-state index in [0.717, 1.165) is 25.7 Å². The normalized spacial score (nSPS) is 15.2. The Balaban J connectivity index is 2.08. The van der Waals surface area contributed by atoms with Gasteiger partial charge in [-0.05, 0) is 37.3 Å². The quantitative estimate of drug-likeness (QED) is 0.742. The van der Waals surface area contributed by atoms with Crippen LogP contribution in [0.15, 0.2) is 6.07 Å². The molecule has 0 spiro atoms. The fraction of sp³-hybridized carbons (Fsp3) is 0.462. The highest BCUT2D eigenvalue weighted by Gasteiger charge is 2.24. The zero-order chi connectivity index (χ0) is 14.7. The molecule has 0 aromatic carbocycles. The monoisotopic (exact) mass is 296 g/mol. The number of hydrogen-bond donors (Lipinski definition) is 3. The van der Waals surface area contributed by atoms with E-state index in [-0.39, 0.29) is 0 Å². The van der Waals surface area contributed by atoms with Crippen LogP contribution in [-0.4, -0.2) is 28.9 Å². The third-order valence-corrected chi connectivity index (χ3v) is 4.46. The minimum atomic E-state index is -1.28. The Morgan fingerprint density at radius 1 is 1.35 bits per heavy atom. The molecule has 1 atom stereocenters. The molecule has 2 amide bonds. The van der Waals surface area contributed by atoms with Gasteiger partial charge in [-0.1, -0.05) is 0 Å². The topological polar surface area (TPSA) is 109 Å². The van der Waals surface area contributed by atoms with Crippen LogP contribution in [0.1, 0.15) is 39.4 Å². The summed E-state index contributed by atoms with van der Waals surface area (Å²) < 4.78 is 0. The molecule has 2 rings (SSSR count). The number of carboxylic acid groups (broad SMARTS) is 1. The van der Waals surface area contributed by atoms with Gasteiger partial charge in [-0.25, -0.2) is 4.79 Å². The van der Waals surface area contributed by atoms with E-state index in [0.29, 0.717) is 4.88 Å². The van der Waals surface area contributed by atoms with Gasteiger partial charge in [-0.15, -0.1) is 11.3 Å². The lowest BCUT2D eigenvalue weighted by Gasteiger charge is -2.11. The van der Waals surface area contributed by atoms with Gasteiger partial charge >= 0.3 is 5.97 Å². The van der Waals surface area contributed by atoms with E-state index in [1.807, 2.05) is 6.07 Å². The first-order chi connectivity index (χ1) is 9.47. The smallest absolute Gasteiger partial charge is 0.326 e. The standard InChI is InChI=1S/C13H16N2O4S/c14-11(16)6-8(13(18)19)15-12(17)10-5-7-3-1-2-4-9(7)20-10/h5,8H,1-4,6H2,(H2,14,16)(H,15,17)(H,18,19)/t8-/m1/s1. The SMILES string of the molecule is NC(=O)C[C@@H](NC(=O)c1cc2c(s1)CCCC2)C(=O)O. The number of nitrogens with one attached hydrogen (secondary N) is 1. The average Bonchev–Trinajstić information content (AvgIpc) is 2.81. The number of hydrogen-bond acceptors (Lipinski definition) is 4. The largest absolute Gasteiger partial charge is 0.480 e. The van der Waals surface area contributed by atoms with E-state index >= 15 is 0 Å². The molecular weight excluding hydrogens is 280 g/mol. The summed E-state index contributed by atoms with van der Waals surface area (Å²) in [4.78, 5) is 35.5. The van der Waals surface area contributed by atoms with E-state index < -0.39 is 30.2 Å². The van der Waals surface area contributed by atoms with Gasteiger partial charge in [0.1, 0.15) is 6.04 Å². The number of aliphatic carboxylic acids is 1. The molecule has 1 aliphatic rings. The molecule has 0 fully saturated rings. The van der Waals surface area contributed by atoms with Crippen molar-refractivity contribution in [2.24, 2.45) is 5.73 Å². The molecule has 0 saturated carbocycles. The summed E-state index contributed by atoms with van der Waals surface area (Å²) in [6, 6.07) is 0.539. The Hall–Kier alpha value is -1.89. The molecular formula is C13H16N2O4S. The Bertz CT molecular complexity index is 529. The van der Waals surface area contributed by atoms with Gasteiger partial charge in [0.05, 0.1) is 11.3 Å². The lowest BCUT2D eigenvalue weighted by Crippen LogP contribution is -2.43. The van der Waals surface area contributed by atoms with Crippen LogP contribution in [0.4, 0.5) is 0 Å². The Labute approximate surface area is 120 Å². The van der Waals surface area contributed by atoms with E-state index in [1.54, 1.807) is 0 Å². The van der Waals surface area contributed by atoms with Crippen molar-refractivity contribution in [2.45, 2.75) is 38.1 Å². The van der Waals surface area contributed by atoms with Crippen molar-refractivity contribution in [3.05, 3.63) is 21.4 Å². The first kappa shape index (κ1) is 14.5. The lowest BCUT2D eigenvalue weighted by atomic mass is 9.99. The number of aryl methyl sites for hydroxylation is 2. The fourth-order valence-corrected chi connectivity index (χ4v) is 3.39. The number of nitrogens with two attached hydrogens (primary N) is 1. The van der Waals surface area contributed by atoms with Crippen LogP contribution >= 0.6 is 11.3 Å². The Morgan fingerprint density at radius 3 is 2.65 bits per heavy atom. The summed E-state index contributed by atoms with van der Waals surface area (Å²) in [5.74, 6) is -2.49. The third-order valence-electron chi connectivity index (χ3n) is 3.23. The van der Waals surface area contributed by atoms with Crippen LogP contribution in [0.25, 0.3) is 0 Å². The Morgan fingerprint density at radius 2 is 2.05 bits per heavy atom. The molecule has 7 heteroatoms. The van der Waals surface area contributed by atoms with Crippen molar-refractivity contribution < 1.29 is 19.5 Å². The van der Waals surface area contributed by atoms with Crippen LogP contribution in [0, 0.1) is 0 Å². The first-order valence-electron chi connectivity index (χ1n) is 6.41. The molecule has 4 N–H and O–H groups in total. The highest BCUT2D eigenvalue weighted by molar-refractivity contribution is 7.14. The van der Waals surface area contributed by atoms with Crippen LogP contribution in [0.2, 0.25) is 0 Å². The van der Waals surface area contributed by atoms with E-state index in [9.17, 15) is 14.4 Å². The number of carbonyl (C=O) groups excluding carboxylic acids is 2. The van der Waals surface area contributed by atoms with Crippen molar-refractivity contribution in [3.8, 4) is 0 Å². The van der Waals surface area contributed by atoms with Crippen LogP contribution in [-0.2, 0) is 22.4 Å². The summed E-state index contributed by atoms with van der Waals surface area (Å²) >= 11 is 1.39. The highest BCUT2D eigenvalue weighted by atomic mass is 32.1. The summed E-state index contributed by atoms with van der Waals surface area (Å²) in [6.45, 7) is 0. The molecule has 1 aliphatic carbocycles. The Kier molecular flexibility index (Phi) is 4.39. The molecule has 1 aromatic rings. The zero-order valence-electron chi connectivity index (χ0n) is 10.8. The predicted molar refractivity (Wildman–Crippen MR) is 73.7 cm³/mol. The van der Waals surface area contributed by atoms with Gasteiger partial charge in [0.25, 0.3) is 5.91 Å². The van der Waals surface area contributed by atoms with Crippen LogP contribution in [0.5, 0.6) is 0 Å². The minimum absolute atomic E-state index is 0.411. The second-order valence-corrected chi connectivity index (χ2v) is 5.94. The van der Waals surface area contributed by atoms with Crippen LogP contribution < -0.4 is 11.1 Å². The second kappa shape index (κ2) is 6.04. The van der Waals surface area contributed by atoms with E-state index in [1.165, 1.54) is 21.8 Å². The molecule has 0 aliphatic heterocycles. The number of amides is 2. The molecule has 0 unspecified atom stereocenters. The molecule has 1 heterocycles. The maximum Gasteiger partial charge on any atom is 0.326 e. The number of rotatable bonds is 5. The van der Waals surface area contributed by atoms with E-state index in [2.05, 4.69) is 5.32 Å². The van der Waals surface area contributed by atoms with Crippen molar-refractivity contribution >= 4 is 29.1 Å². The average molecular weight is 296 g/mol. The maximum atomic E-state index is 12.0. The van der Waals surface area contributed by atoms with Crippen molar-refractivity contribution in [1.82, 2.24) is 5.32 Å². The summed E-state index contributed by atoms with van der Waals surface area (Å²) in [5.41, 5.74) is 6.15. The maximum absolute atomic E-state index is 12.0. The fourth-order valence-electron chi connectivity index (χ4n) is 2.23. The van der Waals surface area contributed by atoms with Gasteiger partial charge in [-0.3, -0.25) is 9.59 Å². The highest BCUT2D eigenvalue weighted by Crippen LogP contribution is 2.29. The van der Waals surface area contributed by atoms with Crippen molar-refractivity contribution in [3.63, 3.8) is 0 Å². The van der Waals surface area contributed by atoms with Crippen molar-refractivity contribution in [2.75, 3.05) is 0 Å². The molecule has 20 heavy (non-hydrogen) atoms. The molecule has 0 bridgehead atoms. The minimum Gasteiger partial charge on any atom is -0.480 e. The first-order valence-corrected chi connectivity index (χ1v) is 7.22. The summed E-state index contributed by atoms with van der Waals surface area (Å²) in [6.07, 6.45) is 3.75. The van der Waals surface area contributed by atoms with Gasteiger partial charge in [0.15, 0.2) is 0 Å². The number of fused-ring (bicyclic) bond motifs is 1. The summed E-state index contributed by atoms with van der Waals surface area (Å²) in [7, 11) is 0.